The Labute approximate surface area is 111 Å². The molecule has 0 aliphatic heterocycles. The normalized spacial score (nSPS) is 11.4. The zero-order valence-corrected chi connectivity index (χ0v) is 10.2. The van der Waals surface area contributed by atoms with E-state index in [-0.39, 0.29) is 29.6 Å². The van der Waals surface area contributed by atoms with Gasteiger partial charge in [0.1, 0.15) is 0 Å². The Kier molecular flexibility index (Phi) is 3.68. The van der Waals surface area contributed by atoms with Crippen LogP contribution >= 0.6 is 0 Å². The number of halogens is 3. The maximum Gasteiger partial charge on any atom is 0.417 e. The molecule has 106 valence electrons. The van der Waals surface area contributed by atoms with Crippen molar-refractivity contribution in [2.45, 2.75) is 12.6 Å². The lowest BCUT2D eigenvalue weighted by atomic mass is 10.2. The van der Waals surface area contributed by atoms with Crippen LogP contribution < -0.4 is 5.32 Å². The van der Waals surface area contributed by atoms with Crippen LogP contribution in [0.3, 0.4) is 0 Å². The van der Waals surface area contributed by atoms with Crippen LogP contribution in [0.2, 0.25) is 0 Å². The van der Waals surface area contributed by atoms with Crippen LogP contribution in [0.4, 0.5) is 13.2 Å². The van der Waals surface area contributed by atoms with Gasteiger partial charge in [-0.05, 0) is 6.07 Å². The fourth-order valence-corrected chi connectivity index (χ4v) is 1.39. The second kappa shape index (κ2) is 5.27. The van der Waals surface area contributed by atoms with E-state index in [1.165, 1.54) is 13.2 Å². The molecule has 1 amide bonds. The second-order valence-electron chi connectivity index (χ2n) is 3.83. The number of aromatic nitrogens is 3. The number of nitrogens with one attached hydrogen (secondary N) is 1. The summed E-state index contributed by atoms with van der Waals surface area (Å²) in [5, 5.41) is 5.89. The molecule has 2 rings (SSSR count). The first-order chi connectivity index (χ1) is 9.40. The van der Waals surface area contributed by atoms with Crippen molar-refractivity contribution in [2.75, 3.05) is 7.05 Å². The Bertz CT molecular complexity index is 624. The highest BCUT2D eigenvalue weighted by atomic mass is 19.4. The third-order valence-electron chi connectivity index (χ3n) is 2.38. The van der Waals surface area contributed by atoms with Gasteiger partial charge in [0.05, 0.1) is 17.5 Å². The minimum Gasteiger partial charge on any atom is -0.359 e. The Hall–Kier alpha value is -2.45. The zero-order valence-electron chi connectivity index (χ0n) is 10.2. The molecule has 1 N–H and O–H groups in total. The monoisotopic (exact) mass is 286 g/mol. The largest absolute Gasteiger partial charge is 0.417 e. The summed E-state index contributed by atoms with van der Waals surface area (Å²) < 4.78 is 42.5. The van der Waals surface area contributed by atoms with Crippen LogP contribution in [0, 0.1) is 0 Å². The van der Waals surface area contributed by atoms with Crippen molar-refractivity contribution in [2.24, 2.45) is 0 Å². The number of alkyl halides is 3. The van der Waals surface area contributed by atoms with Gasteiger partial charge in [0.25, 0.3) is 5.89 Å². The molecule has 0 atom stereocenters. The fourth-order valence-electron chi connectivity index (χ4n) is 1.39. The van der Waals surface area contributed by atoms with E-state index in [0.29, 0.717) is 6.20 Å². The van der Waals surface area contributed by atoms with Crippen LogP contribution in [0.25, 0.3) is 11.5 Å². The smallest absolute Gasteiger partial charge is 0.359 e. The molecule has 0 unspecified atom stereocenters. The second-order valence-corrected chi connectivity index (χ2v) is 3.83. The molecule has 0 saturated heterocycles. The zero-order chi connectivity index (χ0) is 14.8. The predicted octanol–water partition coefficient (Wildman–Crippen LogP) is 1.44. The number of hydrogen-bond donors (Lipinski definition) is 1. The minimum absolute atomic E-state index is 0.0375. The van der Waals surface area contributed by atoms with E-state index in [2.05, 4.69) is 20.4 Å². The summed E-state index contributed by atoms with van der Waals surface area (Å²) in [6.07, 6.45) is -2.75. The van der Waals surface area contributed by atoms with Crippen LogP contribution in [-0.4, -0.2) is 28.1 Å². The molecule has 0 fully saturated rings. The highest BCUT2D eigenvalue weighted by molar-refractivity contribution is 5.77. The van der Waals surface area contributed by atoms with E-state index >= 15 is 0 Å². The topological polar surface area (TPSA) is 80.9 Å². The number of hydrogen-bond acceptors (Lipinski definition) is 5. The Balaban J connectivity index is 2.26. The third kappa shape index (κ3) is 3.11. The summed E-state index contributed by atoms with van der Waals surface area (Å²) in [5.41, 5.74) is -0.878. The Morgan fingerprint density at radius 2 is 2.15 bits per heavy atom. The van der Waals surface area contributed by atoms with Crippen molar-refractivity contribution in [1.29, 1.82) is 0 Å². The highest BCUT2D eigenvalue weighted by Crippen LogP contribution is 2.30. The SMILES string of the molecule is CNC(=O)Cc1noc(-c2cncc(C(F)(F)F)c2)n1. The molecule has 2 heterocycles. The first-order valence-electron chi connectivity index (χ1n) is 5.46. The van der Waals surface area contributed by atoms with Gasteiger partial charge in [-0.1, -0.05) is 5.16 Å². The Morgan fingerprint density at radius 1 is 1.40 bits per heavy atom. The maximum atomic E-state index is 12.5. The number of rotatable bonds is 3. The fraction of sp³-hybridized carbons (Fsp3) is 0.273. The van der Waals surface area contributed by atoms with Gasteiger partial charge < -0.3 is 9.84 Å². The average Bonchev–Trinajstić information content (AvgIpc) is 2.86. The Morgan fingerprint density at radius 3 is 2.80 bits per heavy atom. The summed E-state index contributed by atoms with van der Waals surface area (Å²) in [4.78, 5) is 18.5. The summed E-state index contributed by atoms with van der Waals surface area (Å²) >= 11 is 0. The number of likely N-dealkylation sites (N-methyl/N-ethyl adjacent to an activating group) is 1. The van der Waals surface area contributed by atoms with Crippen LogP contribution in [-0.2, 0) is 17.4 Å². The highest BCUT2D eigenvalue weighted by Gasteiger charge is 2.31. The van der Waals surface area contributed by atoms with Gasteiger partial charge in [-0.3, -0.25) is 9.78 Å². The van der Waals surface area contributed by atoms with Gasteiger partial charge in [0.15, 0.2) is 5.82 Å². The molecule has 2 aromatic heterocycles. The van der Waals surface area contributed by atoms with Gasteiger partial charge in [0, 0.05) is 19.4 Å². The first kappa shape index (κ1) is 14.0. The van der Waals surface area contributed by atoms with Gasteiger partial charge >= 0.3 is 6.18 Å². The van der Waals surface area contributed by atoms with Gasteiger partial charge in [0.2, 0.25) is 5.91 Å². The molecule has 2 aromatic rings. The van der Waals surface area contributed by atoms with Gasteiger partial charge in [-0.15, -0.1) is 0 Å². The first-order valence-corrected chi connectivity index (χ1v) is 5.46. The summed E-state index contributed by atoms with van der Waals surface area (Å²) in [6, 6.07) is 0.851. The molecule has 6 nitrogen and oxygen atoms in total. The molecule has 0 radical (unpaired) electrons. The number of pyridine rings is 1. The van der Waals surface area contributed by atoms with E-state index in [1.54, 1.807) is 0 Å². The molecular formula is C11H9F3N4O2. The molecular weight excluding hydrogens is 277 g/mol. The summed E-state index contributed by atoms with van der Waals surface area (Å²) in [6.45, 7) is 0. The number of amides is 1. The van der Waals surface area contributed by atoms with Crippen LogP contribution in [0.5, 0.6) is 0 Å². The molecule has 0 saturated carbocycles. The van der Waals surface area contributed by atoms with E-state index in [0.717, 1.165) is 6.07 Å². The maximum absolute atomic E-state index is 12.5. The van der Waals surface area contributed by atoms with E-state index < -0.39 is 11.7 Å². The molecule has 20 heavy (non-hydrogen) atoms. The van der Waals surface area contributed by atoms with E-state index in [1.807, 2.05) is 0 Å². The molecule has 0 aliphatic carbocycles. The van der Waals surface area contributed by atoms with Crippen LogP contribution in [0.15, 0.2) is 23.0 Å². The van der Waals surface area contributed by atoms with Gasteiger partial charge in [-0.25, -0.2) is 0 Å². The minimum atomic E-state index is -4.51. The lowest BCUT2D eigenvalue weighted by molar-refractivity contribution is -0.137. The van der Waals surface area contributed by atoms with Crippen LogP contribution in [0.1, 0.15) is 11.4 Å². The predicted molar refractivity (Wildman–Crippen MR) is 60.3 cm³/mol. The molecule has 0 aromatic carbocycles. The number of carbonyl (C=O) groups excluding carboxylic acids is 1. The standard InChI is InChI=1S/C11H9F3N4O2/c1-15-9(19)3-8-17-10(20-18-8)6-2-7(5-16-4-6)11(12,13)14/h2,4-5H,3H2,1H3,(H,15,19). The quantitative estimate of drug-likeness (QED) is 0.923. The number of nitrogens with zero attached hydrogens (tertiary/aromatic N) is 3. The van der Waals surface area contributed by atoms with Gasteiger partial charge in [-0.2, -0.15) is 18.2 Å². The molecule has 0 spiro atoms. The molecule has 0 bridgehead atoms. The lowest BCUT2D eigenvalue weighted by Crippen LogP contribution is -2.20. The molecule has 0 aliphatic rings. The lowest BCUT2D eigenvalue weighted by Gasteiger charge is -2.05. The average molecular weight is 286 g/mol. The molecule has 9 heteroatoms. The van der Waals surface area contributed by atoms with E-state index in [4.69, 9.17) is 4.52 Å². The van der Waals surface area contributed by atoms with Crippen molar-refractivity contribution < 1.29 is 22.5 Å². The van der Waals surface area contributed by atoms with Crippen molar-refractivity contribution in [3.63, 3.8) is 0 Å². The van der Waals surface area contributed by atoms with Crippen molar-refractivity contribution >= 4 is 5.91 Å². The third-order valence-corrected chi connectivity index (χ3v) is 2.38. The van der Waals surface area contributed by atoms with E-state index in [9.17, 15) is 18.0 Å². The van der Waals surface area contributed by atoms with Crippen molar-refractivity contribution in [3.05, 3.63) is 29.8 Å². The van der Waals surface area contributed by atoms with Crippen molar-refractivity contribution in [3.8, 4) is 11.5 Å². The van der Waals surface area contributed by atoms with Crippen molar-refractivity contribution in [1.82, 2.24) is 20.4 Å². The summed E-state index contributed by atoms with van der Waals surface area (Å²) in [5.74, 6) is -0.376. The number of carbonyl (C=O) groups is 1. The summed E-state index contributed by atoms with van der Waals surface area (Å²) in [7, 11) is 1.44.